The normalized spacial score (nSPS) is 22.4. The van der Waals surface area contributed by atoms with Crippen molar-refractivity contribution in [2.75, 3.05) is 18.5 Å². The third-order valence-electron chi connectivity index (χ3n) is 2.14. The summed E-state index contributed by atoms with van der Waals surface area (Å²) in [7, 11) is 0. The number of urea groups is 1. The van der Waals surface area contributed by atoms with Gasteiger partial charge in [-0.25, -0.2) is 4.79 Å². The first kappa shape index (κ1) is 12.2. The summed E-state index contributed by atoms with van der Waals surface area (Å²) in [6, 6.07) is -0.324. The zero-order valence-electron chi connectivity index (χ0n) is 9.60. The van der Waals surface area contributed by atoms with Crippen LogP contribution in [0.2, 0.25) is 0 Å². The molecule has 2 N–H and O–H groups in total. The highest BCUT2D eigenvalue weighted by molar-refractivity contribution is 7.13. The Balaban J connectivity index is 1.70. The first-order chi connectivity index (χ1) is 8.05. The molecule has 2 heterocycles. The molecule has 17 heavy (non-hydrogen) atoms. The quantitative estimate of drug-likeness (QED) is 0.838. The molecular weight excluding hydrogens is 244 g/mol. The number of anilines is 1. The Morgan fingerprint density at radius 3 is 3.12 bits per heavy atom. The van der Waals surface area contributed by atoms with Crippen LogP contribution in [-0.2, 0) is 9.47 Å². The van der Waals surface area contributed by atoms with Gasteiger partial charge in [0.1, 0.15) is 11.6 Å². The summed E-state index contributed by atoms with van der Waals surface area (Å²) in [6.07, 6.45) is -0.120. The number of rotatable bonds is 3. The molecule has 0 bridgehead atoms. The Morgan fingerprint density at radius 2 is 2.53 bits per heavy atom. The van der Waals surface area contributed by atoms with Gasteiger partial charge in [0.05, 0.1) is 6.61 Å². The standard InChI is InChI=1S/C9H14N4O3S/c1-9(2)15-4-6(16-9)3-10-7(14)12-8-13-11-5-17-8/h5-6H,3-4H2,1-2H3,(H2,10,12,13,14)/t6-/m1/s1. The van der Waals surface area contributed by atoms with Crippen molar-refractivity contribution in [3.63, 3.8) is 0 Å². The molecule has 0 aliphatic carbocycles. The summed E-state index contributed by atoms with van der Waals surface area (Å²) in [5.41, 5.74) is 1.55. The fourth-order valence-electron chi connectivity index (χ4n) is 1.44. The van der Waals surface area contributed by atoms with E-state index >= 15 is 0 Å². The Labute approximate surface area is 103 Å². The molecule has 0 radical (unpaired) electrons. The van der Waals surface area contributed by atoms with Crippen LogP contribution in [-0.4, -0.2) is 41.3 Å². The highest BCUT2D eigenvalue weighted by Crippen LogP contribution is 2.21. The average molecular weight is 258 g/mol. The molecule has 2 rings (SSSR count). The van der Waals surface area contributed by atoms with Crippen LogP contribution in [0, 0.1) is 0 Å². The molecule has 7 nitrogen and oxygen atoms in total. The molecule has 1 aromatic heterocycles. The third kappa shape index (κ3) is 3.62. The maximum Gasteiger partial charge on any atom is 0.321 e. The molecule has 1 aromatic rings. The average Bonchev–Trinajstić information content (AvgIpc) is 2.85. The summed E-state index contributed by atoms with van der Waals surface area (Å²) in [6.45, 7) is 4.56. The van der Waals surface area contributed by atoms with Gasteiger partial charge in [0.15, 0.2) is 5.79 Å². The van der Waals surface area contributed by atoms with Crippen molar-refractivity contribution in [2.24, 2.45) is 0 Å². The van der Waals surface area contributed by atoms with E-state index in [1.165, 1.54) is 11.3 Å². The predicted octanol–water partition coefficient (Wildman–Crippen LogP) is 0.811. The molecule has 0 spiro atoms. The molecule has 94 valence electrons. The highest BCUT2D eigenvalue weighted by Gasteiger charge is 2.32. The summed E-state index contributed by atoms with van der Waals surface area (Å²) >= 11 is 1.26. The smallest absolute Gasteiger partial charge is 0.321 e. The molecule has 1 atom stereocenters. The van der Waals surface area contributed by atoms with E-state index in [1.807, 2.05) is 13.8 Å². The second kappa shape index (κ2) is 4.94. The van der Waals surface area contributed by atoms with Crippen LogP contribution >= 0.6 is 11.3 Å². The number of carbonyl (C=O) groups is 1. The Morgan fingerprint density at radius 1 is 1.71 bits per heavy atom. The summed E-state index contributed by atoms with van der Waals surface area (Å²) < 4.78 is 10.9. The third-order valence-corrected chi connectivity index (χ3v) is 2.74. The number of nitrogens with zero attached hydrogens (tertiary/aromatic N) is 2. The molecule has 0 unspecified atom stereocenters. The summed E-state index contributed by atoms with van der Waals surface area (Å²) in [4.78, 5) is 11.4. The Hall–Kier alpha value is -1.25. The minimum Gasteiger partial charge on any atom is -0.348 e. The van der Waals surface area contributed by atoms with Gasteiger partial charge in [-0.05, 0) is 13.8 Å². The lowest BCUT2D eigenvalue weighted by atomic mass is 10.4. The molecule has 1 saturated heterocycles. The predicted molar refractivity (Wildman–Crippen MR) is 61.8 cm³/mol. The van der Waals surface area contributed by atoms with Gasteiger partial charge in [-0.2, -0.15) is 0 Å². The summed E-state index contributed by atoms with van der Waals surface area (Å²) in [5.74, 6) is -0.567. The van der Waals surface area contributed by atoms with Gasteiger partial charge in [0.2, 0.25) is 5.13 Å². The van der Waals surface area contributed by atoms with E-state index in [1.54, 1.807) is 5.51 Å². The van der Waals surface area contributed by atoms with Crippen molar-refractivity contribution in [1.82, 2.24) is 15.5 Å². The SMILES string of the molecule is CC1(C)OC[C@@H](CNC(=O)Nc2nncs2)O1. The maximum atomic E-state index is 11.4. The first-order valence-corrected chi connectivity index (χ1v) is 6.06. The monoisotopic (exact) mass is 258 g/mol. The molecule has 0 aromatic carbocycles. The molecule has 1 fully saturated rings. The van der Waals surface area contributed by atoms with E-state index < -0.39 is 5.79 Å². The number of aromatic nitrogens is 2. The number of hydrogen-bond acceptors (Lipinski definition) is 6. The van der Waals surface area contributed by atoms with Crippen LogP contribution in [0.3, 0.4) is 0 Å². The Bertz CT molecular complexity index is 382. The van der Waals surface area contributed by atoms with E-state index in [-0.39, 0.29) is 12.1 Å². The number of hydrogen-bond donors (Lipinski definition) is 2. The van der Waals surface area contributed by atoms with Gasteiger partial charge in [-0.1, -0.05) is 11.3 Å². The topological polar surface area (TPSA) is 85.4 Å². The van der Waals surface area contributed by atoms with E-state index in [9.17, 15) is 4.79 Å². The van der Waals surface area contributed by atoms with Gasteiger partial charge in [-0.15, -0.1) is 10.2 Å². The number of amides is 2. The molecule has 8 heteroatoms. The van der Waals surface area contributed by atoms with Crippen molar-refractivity contribution < 1.29 is 14.3 Å². The van der Waals surface area contributed by atoms with Crippen molar-refractivity contribution in [3.05, 3.63) is 5.51 Å². The molecular formula is C9H14N4O3S. The highest BCUT2D eigenvalue weighted by atomic mass is 32.1. The zero-order valence-corrected chi connectivity index (χ0v) is 10.4. The lowest BCUT2D eigenvalue weighted by molar-refractivity contribution is -0.137. The van der Waals surface area contributed by atoms with Gasteiger partial charge >= 0.3 is 6.03 Å². The fraction of sp³-hybridized carbons (Fsp3) is 0.667. The van der Waals surface area contributed by atoms with Crippen LogP contribution in [0.25, 0.3) is 0 Å². The van der Waals surface area contributed by atoms with Gasteiger partial charge in [0.25, 0.3) is 0 Å². The zero-order chi connectivity index (χ0) is 12.3. The van der Waals surface area contributed by atoms with E-state index in [2.05, 4.69) is 20.8 Å². The number of nitrogens with one attached hydrogen (secondary N) is 2. The molecule has 1 aliphatic heterocycles. The lowest BCUT2D eigenvalue weighted by Gasteiger charge is -2.17. The summed E-state index contributed by atoms with van der Waals surface area (Å²) in [5, 5.41) is 13.0. The molecule has 1 aliphatic rings. The fourth-order valence-corrected chi connectivity index (χ4v) is 1.88. The van der Waals surface area contributed by atoms with Gasteiger partial charge in [0, 0.05) is 6.54 Å². The van der Waals surface area contributed by atoms with Crippen molar-refractivity contribution >= 4 is 22.5 Å². The first-order valence-electron chi connectivity index (χ1n) is 5.18. The van der Waals surface area contributed by atoms with Crippen molar-refractivity contribution in [3.8, 4) is 0 Å². The minimum absolute atomic E-state index is 0.120. The number of ether oxygens (including phenoxy) is 2. The van der Waals surface area contributed by atoms with Crippen LogP contribution in [0.4, 0.5) is 9.93 Å². The second-order valence-electron chi connectivity index (χ2n) is 4.03. The van der Waals surface area contributed by atoms with E-state index in [0.717, 1.165) is 0 Å². The van der Waals surface area contributed by atoms with E-state index in [4.69, 9.17) is 9.47 Å². The maximum absolute atomic E-state index is 11.4. The van der Waals surface area contributed by atoms with E-state index in [0.29, 0.717) is 18.3 Å². The van der Waals surface area contributed by atoms with Crippen LogP contribution in [0.15, 0.2) is 5.51 Å². The number of carbonyl (C=O) groups excluding carboxylic acids is 1. The molecule has 2 amide bonds. The Kier molecular flexibility index (Phi) is 3.55. The largest absolute Gasteiger partial charge is 0.348 e. The van der Waals surface area contributed by atoms with Crippen molar-refractivity contribution in [2.45, 2.75) is 25.7 Å². The van der Waals surface area contributed by atoms with Crippen LogP contribution < -0.4 is 10.6 Å². The molecule has 0 saturated carbocycles. The van der Waals surface area contributed by atoms with Gasteiger partial charge in [-0.3, -0.25) is 5.32 Å². The van der Waals surface area contributed by atoms with Crippen LogP contribution in [0.5, 0.6) is 0 Å². The van der Waals surface area contributed by atoms with Crippen LogP contribution in [0.1, 0.15) is 13.8 Å². The minimum atomic E-state index is -0.567. The van der Waals surface area contributed by atoms with Crippen molar-refractivity contribution in [1.29, 1.82) is 0 Å². The lowest BCUT2D eigenvalue weighted by Crippen LogP contribution is -2.37. The van der Waals surface area contributed by atoms with Gasteiger partial charge < -0.3 is 14.8 Å². The second-order valence-corrected chi connectivity index (χ2v) is 4.86.